The molecule has 0 bridgehead atoms. The Bertz CT molecular complexity index is 703. The lowest BCUT2D eigenvalue weighted by Crippen LogP contribution is -2.67. The van der Waals surface area contributed by atoms with Crippen molar-refractivity contribution in [3.05, 3.63) is 0 Å². The van der Waals surface area contributed by atoms with Crippen molar-refractivity contribution in [2.75, 3.05) is 0 Å². The predicted octanol–water partition coefficient (Wildman–Crippen LogP) is 6.40. The molecule has 0 heterocycles. The third-order valence-corrected chi connectivity index (χ3v) is 11.8. The Balaban J connectivity index is 1.52. The standard InChI is InChI=1S/C29H50O3/c1-7-20(18(2)3)9-8-19(4)23-10-11-24-22-16-26(31)29(32)17-21(30)12-15-28(29,6)25(22)13-14-27(23,24)5/h18-25,30,32H,7-17H2,1-6H3/t19-,20-,21+,22+,23-,24-,25+,27-,28-,29+/m1/s1. The quantitative estimate of drug-likeness (QED) is 0.496. The van der Waals surface area contributed by atoms with Crippen LogP contribution < -0.4 is 0 Å². The number of hydrogen-bond donors (Lipinski definition) is 2. The zero-order chi connectivity index (χ0) is 23.5. The maximum Gasteiger partial charge on any atom is 0.165 e. The Hall–Kier alpha value is -0.410. The second-order valence-electron chi connectivity index (χ2n) is 13.4. The molecule has 0 spiro atoms. The summed E-state index contributed by atoms with van der Waals surface area (Å²) in [7, 11) is 0. The Morgan fingerprint density at radius 2 is 1.72 bits per heavy atom. The molecule has 4 fully saturated rings. The van der Waals surface area contributed by atoms with E-state index in [1.807, 2.05) is 0 Å². The molecule has 0 unspecified atom stereocenters. The molecule has 2 N–H and O–H groups in total. The predicted molar refractivity (Wildman–Crippen MR) is 130 cm³/mol. The minimum Gasteiger partial charge on any atom is -0.393 e. The summed E-state index contributed by atoms with van der Waals surface area (Å²) in [5.74, 6) is 4.65. The fourth-order valence-electron chi connectivity index (χ4n) is 9.68. The van der Waals surface area contributed by atoms with Crippen molar-refractivity contribution < 1.29 is 15.0 Å². The fourth-order valence-corrected chi connectivity index (χ4v) is 9.68. The molecule has 4 aliphatic carbocycles. The number of hydrogen-bond acceptors (Lipinski definition) is 3. The van der Waals surface area contributed by atoms with Crippen LogP contribution in [0.25, 0.3) is 0 Å². The van der Waals surface area contributed by atoms with Crippen molar-refractivity contribution in [3.8, 4) is 0 Å². The van der Waals surface area contributed by atoms with Crippen LogP contribution in [0.3, 0.4) is 0 Å². The lowest BCUT2D eigenvalue weighted by molar-refractivity contribution is -0.213. The molecule has 3 nitrogen and oxygen atoms in total. The molecule has 0 radical (unpaired) electrons. The largest absolute Gasteiger partial charge is 0.393 e. The molecule has 0 aromatic rings. The van der Waals surface area contributed by atoms with E-state index in [2.05, 4.69) is 41.5 Å². The van der Waals surface area contributed by atoms with Gasteiger partial charge in [0, 0.05) is 18.3 Å². The number of aliphatic hydroxyl groups excluding tert-OH is 1. The van der Waals surface area contributed by atoms with E-state index in [9.17, 15) is 15.0 Å². The number of fused-ring (bicyclic) bond motifs is 5. The molecular formula is C29H50O3. The topological polar surface area (TPSA) is 57.5 Å². The number of aliphatic hydroxyl groups is 2. The maximum atomic E-state index is 13.4. The average Bonchev–Trinajstić information content (AvgIpc) is 3.08. The first-order chi connectivity index (χ1) is 15.0. The molecule has 0 amide bonds. The van der Waals surface area contributed by atoms with Crippen LogP contribution in [0, 0.1) is 52.3 Å². The number of rotatable bonds is 6. The van der Waals surface area contributed by atoms with Crippen molar-refractivity contribution in [2.24, 2.45) is 52.3 Å². The van der Waals surface area contributed by atoms with E-state index in [1.165, 1.54) is 38.5 Å². The van der Waals surface area contributed by atoms with E-state index in [0.717, 1.165) is 42.9 Å². The molecule has 3 heteroatoms. The van der Waals surface area contributed by atoms with Gasteiger partial charge in [-0.25, -0.2) is 0 Å². The third kappa shape index (κ3) is 3.63. The van der Waals surface area contributed by atoms with Gasteiger partial charge in [-0.05, 0) is 91.8 Å². The minimum absolute atomic E-state index is 0.0310. The van der Waals surface area contributed by atoms with Crippen molar-refractivity contribution >= 4 is 5.78 Å². The van der Waals surface area contributed by atoms with Gasteiger partial charge in [0.1, 0.15) is 5.60 Å². The number of carbonyl (C=O) groups excluding carboxylic acids is 1. The summed E-state index contributed by atoms with van der Waals surface area (Å²) in [6.45, 7) is 14.3. The Morgan fingerprint density at radius 1 is 1.00 bits per heavy atom. The van der Waals surface area contributed by atoms with E-state index in [-0.39, 0.29) is 17.6 Å². The van der Waals surface area contributed by atoms with Gasteiger partial charge >= 0.3 is 0 Å². The van der Waals surface area contributed by atoms with Gasteiger partial charge < -0.3 is 10.2 Å². The SMILES string of the molecule is CC[C@H](CC[C@@H](C)[C@H]1CC[C@@H]2[C@@H]3CC(=O)[C@@]4(O)C[C@@H](O)CC[C@]4(C)[C@H]3CC[C@@]21C)C(C)C. The average molecular weight is 447 g/mol. The summed E-state index contributed by atoms with van der Waals surface area (Å²) in [5.41, 5.74) is -1.32. The van der Waals surface area contributed by atoms with E-state index >= 15 is 0 Å². The van der Waals surface area contributed by atoms with Crippen LogP contribution in [0.2, 0.25) is 0 Å². The van der Waals surface area contributed by atoms with E-state index in [1.54, 1.807) is 0 Å². The Kier molecular flexibility index (Phi) is 6.69. The first kappa shape index (κ1) is 24.7. The van der Waals surface area contributed by atoms with Crippen LogP contribution >= 0.6 is 0 Å². The van der Waals surface area contributed by atoms with Crippen molar-refractivity contribution in [3.63, 3.8) is 0 Å². The van der Waals surface area contributed by atoms with Gasteiger partial charge in [-0.2, -0.15) is 0 Å². The normalized spacial score (nSPS) is 48.2. The third-order valence-electron chi connectivity index (χ3n) is 11.8. The molecule has 184 valence electrons. The van der Waals surface area contributed by atoms with Crippen LogP contribution in [0.1, 0.15) is 112 Å². The molecule has 0 saturated heterocycles. The zero-order valence-corrected chi connectivity index (χ0v) is 21.7. The van der Waals surface area contributed by atoms with Crippen molar-refractivity contribution in [2.45, 2.75) is 124 Å². The van der Waals surface area contributed by atoms with Crippen LogP contribution in [0.15, 0.2) is 0 Å². The Labute approximate surface area is 197 Å². The fraction of sp³-hybridized carbons (Fsp3) is 0.966. The molecule has 4 rings (SSSR count). The van der Waals surface area contributed by atoms with Gasteiger partial charge in [0.05, 0.1) is 6.10 Å². The highest BCUT2D eigenvalue weighted by Gasteiger charge is 2.67. The highest BCUT2D eigenvalue weighted by Crippen LogP contribution is 2.68. The first-order valence-corrected chi connectivity index (χ1v) is 13.9. The van der Waals surface area contributed by atoms with Gasteiger partial charge in [0.25, 0.3) is 0 Å². The lowest BCUT2D eigenvalue weighted by Gasteiger charge is -2.63. The van der Waals surface area contributed by atoms with Crippen molar-refractivity contribution in [1.29, 1.82) is 0 Å². The van der Waals surface area contributed by atoms with Gasteiger partial charge in [-0.15, -0.1) is 0 Å². The molecule has 0 aliphatic heterocycles. The zero-order valence-electron chi connectivity index (χ0n) is 21.7. The highest BCUT2D eigenvalue weighted by atomic mass is 16.3. The molecule has 32 heavy (non-hydrogen) atoms. The van der Waals surface area contributed by atoms with Gasteiger partial charge in [-0.3, -0.25) is 4.79 Å². The van der Waals surface area contributed by atoms with Gasteiger partial charge in [-0.1, -0.05) is 54.4 Å². The smallest absolute Gasteiger partial charge is 0.165 e. The monoisotopic (exact) mass is 446 g/mol. The number of ketones is 1. The highest BCUT2D eigenvalue weighted by molar-refractivity contribution is 5.89. The number of Topliss-reactive ketones (excluding diaryl/α,β-unsaturated/α-hetero) is 1. The maximum absolute atomic E-state index is 13.4. The molecule has 10 atom stereocenters. The van der Waals surface area contributed by atoms with Gasteiger partial charge in [0.15, 0.2) is 5.78 Å². The summed E-state index contributed by atoms with van der Waals surface area (Å²) in [5, 5.41) is 21.8. The molecule has 4 saturated carbocycles. The molecular weight excluding hydrogens is 396 g/mol. The Morgan fingerprint density at radius 3 is 2.38 bits per heavy atom. The van der Waals surface area contributed by atoms with Crippen LogP contribution in [-0.2, 0) is 4.79 Å². The second kappa shape index (κ2) is 8.67. The molecule has 0 aromatic carbocycles. The van der Waals surface area contributed by atoms with E-state index in [0.29, 0.717) is 29.6 Å². The van der Waals surface area contributed by atoms with E-state index < -0.39 is 11.7 Å². The van der Waals surface area contributed by atoms with Gasteiger partial charge in [0.2, 0.25) is 0 Å². The molecule has 4 aliphatic rings. The first-order valence-electron chi connectivity index (χ1n) is 13.9. The summed E-state index contributed by atoms with van der Waals surface area (Å²) >= 11 is 0. The summed E-state index contributed by atoms with van der Waals surface area (Å²) < 4.78 is 0. The van der Waals surface area contributed by atoms with Crippen molar-refractivity contribution in [1.82, 2.24) is 0 Å². The van der Waals surface area contributed by atoms with Crippen LogP contribution in [0.4, 0.5) is 0 Å². The van der Waals surface area contributed by atoms with E-state index in [4.69, 9.17) is 0 Å². The van der Waals surface area contributed by atoms with Crippen LogP contribution in [0.5, 0.6) is 0 Å². The number of carbonyl (C=O) groups is 1. The summed E-state index contributed by atoms with van der Waals surface area (Å²) in [6, 6.07) is 0. The lowest BCUT2D eigenvalue weighted by atomic mass is 9.42. The summed E-state index contributed by atoms with van der Waals surface area (Å²) in [6.07, 6.45) is 10.7. The summed E-state index contributed by atoms with van der Waals surface area (Å²) in [4.78, 5) is 13.4. The molecule has 0 aromatic heterocycles. The minimum atomic E-state index is -1.31. The second-order valence-corrected chi connectivity index (χ2v) is 13.4. The van der Waals surface area contributed by atoms with Crippen LogP contribution in [-0.4, -0.2) is 27.7 Å².